The smallest absolute Gasteiger partial charge is 0.137 e. The molecule has 1 N–H and O–H groups in total. The van der Waals surface area contributed by atoms with E-state index in [9.17, 15) is 9.50 Å². The van der Waals surface area contributed by atoms with E-state index in [1.165, 1.54) is 6.07 Å². The van der Waals surface area contributed by atoms with Crippen molar-refractivity contribution in [1.82, 2.24) is 9.78 Å². The quantitative estimate of drug-likeness (QED) is 0.920. The highest BCUT2D eigenvalue weighted by Gasteiger charge is 2.13. The molecule has 1 atom stereocenters. The van der Waals surface area contributed by atoms with Crippen LogP contribution in [0.1, 0.15) is 17.2 Å². The number of rotatable bonds is 2. The molecule has 84 valence electrons. The fraction of sp³-hybridized carbons (Fsp3) is 0.182. The maximum atomic E-state index is 13.0. The van der Waals surface area contributed by atoms with Crippen LogP contribution in [0.4, 0.5) is 4.39 Å². The molecule has 2 aromatic rings. The summed E-state index contributed by atoms with van der Waals surface area (Å²) in [7, 11) is 1.77. The Morgan fingerprint density at radius 1 is 1.44 bits per heavy atom. The van der Waals surface area contributed by atoms with Gasteiger partial charge in [0.2, 0.25) is 0 Å². The number of hydrogen-bond donors (Lipinski definition) is 1. The lowest BCUT2D eigenvalue weighted by molar-refractivity contribution is 0.220. The van der Waals surface area contributed by atoms with Crippen molar-refractivity contribution in [2.24, 2.45) is 7.05 Å². The van der Waals surface area contributed by atoms with E-state index in [1.807, 2.05) is 0 Å². The SMILES string of the molecule is Cn1cc(C(O)c2ccc(F)c(Br)c2)cn1. The second kappa shape index (κ2) is 4.35. The number of aliphatic hydroxyl groups excluding tert-OH is 1. The van der Waals surface area contributed by atoms with Crippen LogP contribution >= 0.6 is 15.9 Å². The molecule has 2 rings (SSSR count). The maximum Gasteiger partial charge on any atom is 0.137 e. The van der Waals surface area contributed by atoms with Gasteiger partial charge in [0, 0.05) is 18.8 Å². The molecule has 0 amide bonds. The molecular formula is C11H10BrFN2O. The van der Waals surface area contributed by atoms with Crippen LogP contribution in [0.2, 0.25) is 0 Å². The van der Waals surface area contributed by atoms with E-state index in [1.54, 1.807) is 36.3 Å². The van der Waals surface area contributed by atoms with Gasteiger partial charge in [0.05, 0.1) is 10.7 Å². The third-order valence-corrected chi connectivity index (χ3v) is 2.91. The molecule has 3 nitrogen and oxygen atoms in total. The molecule has 1 heterocycles. The lowest BCUT2D eigenvalue weighted by Gasteiger charge is -2.09. The Morgan fingerprint density at radius 3 is 2.75 bits per heavy atom. The summed E-state index contributed by atoms with van der Waals surface area (Å²) in [6.07, 6.45) is 2.52. The first-order chi connectivity index (χ1) is 7.58. The standard InChI is InChI=1S/C11H10BrFN2O/c1-15-6-8(5-14-15)11(16)7-2-3-10(13)9(12)4-7/h2-6,11,16H,1H3. The summed E-state index contributed by atoms with van der Waals surface area (Å²) >= 11 is 3.09. The molecule has 0 saturated carbocycles. The molecule has 0 aliphatic heterocycles. The first kappa shape index (κ1) is 11.3. The highest BCUT2D eigenvalue weighted by atomic mass is 79.9. The van der Waals surface area contributed by atoms with E-state index >= 15 is 0 Å². The van der Waals surface area contributed by atoms with E-state index < -0.39 is 6.10 Å². The zero-order valence-electron chi connectivity index (χ0n) is 8.56. The van der Waals surface area contributed by atoms with Gasteiger partial charge in [0.1, 0.15) is 11.9 Å². The zero-order chi connectivity index (χ0) is 11.7. The lowest BCUT2D eigenvalue weighted by Crippen LogP contribution is -1.98. The minimum Gasteiger partial charge on any atom is -0.384 e. The zero-order valence-corrected chi connectivity index (χ0v) is 10.1. The van der Waals surface area contributed by atoms with Gasteiger partial charge in [-0.15, -0.1) is 0 Å². The minimum atomic E-state index is -0.786. The summed E-state index contributed by atoms with van der Waals surface area (Å²) < 4.78 is 15.0. The Labute approximate surface area is 101 Å². The highest BCUT2D eigenvalue weighted by Crippen LogP contribution is 2.25. The molecule has 0 radical (unpaired) electrons. The fourth-order valence-corrected chi connectivity index (χ4v) is 1.85. The summed E-state index contributed by atoms with van der Waals surface area (Å²) in [6, 6.07) is 4.43. The summed E-state index contributed by atoms with van der Waals surface area (Å²) in [6.45, 7) is 0. The van der Waals surface area contributed by atoms with Gasteiger partial charge in [0.25, 0.3) is 0 Å². The molecule has 0 spiro atoms. The number of aliphatic hydroxyl groups is 1. The van der Waals surface area contributed by atoms with Crippen LogP contribution in [0.25, 0.3) is 0 Å². The topological polar surface area (TPSA) is 38.0 Å². The Morgan fingerprint density at radius 2 is 2.19 bits per heavy atom. The van der Waals surface area contributed by atoms with Crippen molar-refractivity contribution >= 4 is 15.9 Å². The molecule has 1 aromatic carbocycles. The van der Waals surface area contributed by atoms with E-state index in [4.69, 9.17) is 0 Å². The number of nitrogens with zero attached hydrogens (tertiary/aromatic N) is 2. The number of hydrogen-bond acceptors (Lipinski definition) is 2. The Hall–Kier alpha value is -1.20. The summed E-state index contributed by atoms with van der Waals surface area (Å²) in [5.41, 5.74) is 1.31. The Balaban J connectivity index is 2.33. The van der Waals surface area contributed by atoms with Gasteiger partial charge in [-0.2, -0.15) is 5.10 Å². The molecular weight excluding hydrogens is 275 g/mol. The number of halogens is 2. The Kier molecular flexibility index (Phi) is 3.07. The van der Waals surface area contributed by atoms with Crippen molar-refractivity contribution in [1.29, 1.82) is 0 Å². The van der Waals surface area contributed by atoms with Crippen LogP contribution in [0.5, 0.6) is 0 Å². The van der Waals surface area contributed by atoms with Crippen LogP contribution in [0, 0.1) is 5.82 Å². The largest absolute Gasteiger partial charge is 0.384 e. The van der Waals surface area contributed by atoms with Gasteiger partial charge in [-0.1, -0.05) is 6.07 Å². The van der Waals surface area contributed by atoms with Gasteiger partial charge in [-0.3, -0.25) is 4.68 Å². The number of aryl methyl sites for hydroxylation is 1. The van der Waals surface area contributed by atoms with E-state index in [0.29, 0.717) is 15.6 Å². The average Bonchev–Trinajstić information content (AvgIpc) is 2.68. The number of benzene rings is 1. The van der Waals surface area contributed by atoms with Crippen molar-refractivity contribution in [2.45, 2.75) is 6.10 Å². The summed E-state index contributed by atoms with van der Waals surface area (Å²) in [5, 5.41) is 14.0. The van der Waals surface area contributed by atoms with Crippen LogP contribution in [-0.2, 0) is 7.05 Å². The van der Waals surface area contributed by atoms with Crippen molar-refractivity contribution in [3.63, 3.8) is 0 Å². The van der Waals surface area contributed by atoms with Gasteiger partial charge in [-0.05, 0) is 33.6 Å². The Bertz CT molecular complexity index is 512. The van der Waals surface area contributed by atoms with Crippen LogP contribution < -0.4 is 0 Å². The normalized spacial score (nSPS) is 12.8. The molecule has 0 bridgehead atoms. The molecule has 0 aliphatic rings. The summed E-state index contributed by atoms with van der Waals surface area (Å²) in [4.78, 5) is 0. The lowest BCUT2D eigenvalue weighted by atomic mass is 10.1. The van der Waals surface area contributed by atoms with Crippen molar-refractivity contribution in [3.05, 3.63) is 52.0 Å². The highest BCUT2D eigenvalue weighted by molar-refractivity contribution is 9.10. The van der Waals surface area contributed by atoms with Crippen LogP contribution in [0.3, 0.4) is 0 Å². The monoisotopic (exact) mass is 284 g/mol. The van der Waals surface area contributed by atoms with Crippen LogP contribution in [0.15, 0.2) is 35.1 Å². The molecule has 0 saturated heterocycles. The first-order valence-corrected chi connectivity index (χ1v) is 5.49. The molecule has 1 aromatic heterocycles. The van der Waals surface area contributed by atoms with Crippen molar-refractivity contribution < 1.29 is 9.50 Å². The van der Waals surface area contributed by atoms with E-state index in [0.717, 1.165) is 0 Å². The van der Waals surface area contributed by atoms with Crippen molar-refractivity contribution in [2.75, 3.05) is 0 Å². The van der Waals surface area contributed by atoms with E-state index in [2.05, 4.69) is 21.0 Å². The molecule has 1 unspecified atom stereocenters. The fourth-order valence-electron chi connectivity index (χ4n) is 1.46. The summed E-state index contributed by atoms with van der Waals surface area (Å²) in [5.74, 6) is -0.345. The van der Waals surface area contributed by atoms with Gasteiger partial charge < -0.3 is 5.11 Å². The molecule has 16 heavy (non-hydrogen) atoms. The van der Waals surface area contributed by atoms with Gasteiger partial charge >= 0.3 is 0 Å². The van der Waals surface area contributed by atoms with Gasteiger partial charge in [0.15, 0.2) is 0 Å². The average molecular weight is 285 g/mol. The third-order valence-electron chi connectivity index (χ3n) is 2.30. The second-order valence-electron chi connectivity index (χ2n) is 3.52. The van der Waals surface area contributed by atoms with Crippen molar-refractivity contribution in [3.8, 4) is 0 Å². The minimum absolute atomic E-state index is 0.341. The maximum absolute atomic E-state index is 13.0. The third kappa shape index (κ3) is 2.15. The second-order valence-corrected chi connectivity index (χ2v) is 4.38. The van der Waals surface area contributed by atoms with Crippen LogP contribution in [-0.4, -0.2) is 14.9 Å². The molecule has 0 fully saturated rings. The first-order valence-electron chi connectivity index (χ1n) is 4.69. The molecule has 0 aliphatic carbocycles. The predicted molar refractivity (Wildman–Crippen MR) is 61.4 cm³/mol. The van der Waals surface area contributed by atoms with E-state index in [-0.39, 0.29) is 5.82 Å². The predicted octanol–water partition coefficient (Wildman–Crippen LogP) is 2.40. The van der Waals surface area contributed by atoms with Gasteiger partial charge in [-0.25, -0.2) is 4.39 Å². The number of aromatic nitrogens is 2. The molecule has 5 heteroatoms.